The van der Waals surface area contributed by atoms with Crippen LogP contribution in [0.25, 0.3) is 0 Å². The first kappa shape index (κ1) is 26.2. The lowest BCUT2D eigenvalue weighted by atomic mass is 10.5. The van der Waals surface area contributed by atoms with Gasteiger partial charge in [0.05, 0.1) is 50.5 Å². The van der Waals surface area contributed by atoms with Crippen LogP contribution in [0.15, 0.2) is 0 Å². The summed E-state index contributed by atoms with van der Waals surface area (Å²) in [5, 5.41) is 0. The molecule has 0 nitrogen and oxygen atoms in total. The summed E-state index contributed by atoms with van der Waals surface area (Å²) in [6.07, 6.45) is 0. The summed E-state index contributed by atoms with van der Waals surface area (Å²) < 4.78 is 0. The van der Waals surface area contributed by atoms with Gasteiger partial charge in [-0.2, -0.15) is 0 Å². The second-order valence-corrected chi connectivity index (χ2v) is 17.9. The Kier molecular flexibility index (Phi) is 14.0. The normalized spacial score (nSPS) is 12.9. The van der Waals surface area contributed by atoms with Gasteiger partial charge in [0.25, 0.3) is 0 Å². The number of halogens is 2. The van der Waals surface area contributed by atoms with Gasteiger partial charge in [0.1, 0.15) is 0 Å². The van der Waals surface area contributed by atoms with E-state index in [0.29, 0.717) is 0 Å². The molecule has 0 saturated heterocycles. The van der Waals surface area contributed by atoms with Gasteiger partial charge < -0.3 is 48.0 Å². The molecule has 0 unspecified atom stereocenters. The lowest BCUT2D eigenvalue weighted by Gasteiger charge is -2.39. The molecule has 0 heterocycles. The monoisotopic (exact) mass is 532 g/mol. The third kappa shape index (κ3) is 6.53. The van der Waals surface area contributed by atoms with Crippen molar-refractivity contribution in [3.05, 3.63) is 0 Å². The van der Waals surface area contributed by atoms with Gasteiger partial charge in [-0.05, 0) is 55.4 Å². The minimum absolute atomic E-state index is 0. The largest absolute Gasteiger partial charge is 1.00 e. The van der Waals surface area contributed by atoms with Crippen LogP contribution < -0.4 is 48.0 Å². The second kappa shape index (κ2) is 10.2. The van der Waals surface area contributed by atoms with Gasteiger partial charge >= 0.3 is 0 Å². The molecule has 0 saturated carbocycles. The fourth-order valence-corrected chi connectivity index (χ4v) is 15.4. The molecule has 0 spiro atoms. The van der Waals surface area contributed by atoms with Crippen LogP contribution in [-0.2, 0) is 0 Å². The molecule has 0 aromatic rings. The van der Waals surface area contributed by atoms with Crippen LogP contribution in [0, 0.1) is 0 Å². The Labute approximate surface area is 158 Å². The molecule has 0 bridgehead atoms. The van der Waals surface area contributed by atoms with Gasteiger partial charge in [-0.1, -0.05) is 0 Å². The maximum absolute atomic E-state index is 2.63. The zero-order chi connectivity index (χ0) is 14.0. The fraction of sp³-hybridized carbons (Fsp3) is 1.00. The fourth-order valence-electron chi connectivity index (χ4n) is 2.50. The van der Waals surface area contributed by atoms with E-state index in [0.717, 1.165) is 22.6 Å². The van der Waals surface area contributed by atoms with E-state index in [-0.39, 0.29) is 48.0 Å². The summed E-state index contributed by atoms with van der Waals surface area (Å²) in [5.41, 5.74) is 3.55. The van der Waals surface area contributed by atoms with E-state index < -0.39 is 14.5 Å². The van der Waals surface area contributed by atoms with Crippen LogP contribution in [0.1, 0.15) is 55.4 Å². The van der Waals surface area contributed by atoms with E-state index in [2.05, 4.69) is 68.7 Å². The lowest BCUT2D eigenvalue weighted by molar-refractivity contribution is -0.00100. The summed E-state index contributed by atoms with van der Waals surface area (Å²) in [7, 11) is -1.59. The minimum atomic E-state index is -0.793. The predicted molar refractivity (Wildman–Crippen MR) is 91.1 cm³/mol. The van der Waals surface area contributed by atoms with Crippen molar-refractivity contribution in [2.75, 3.05) is 19.2 Å². The first-order valence-corrected chi connectivity index (χ1v) is 12.3. The summed E-state index contributed by atoms with van der Waals surface area (Å²) >= 11 is 0. The summed E-state index contributed by atoms with van der Waals surface area (Å²) in [6.45, 7) is 24.9. The Morgan fingerprint density at radius 1 is 0.526 bits per heavy atom. The van der Waals surface area contributed by atoms with Crippen molar-refractivity contribution in [3.63, 3.8) is 0 Å². The Hall–Kier alpha value is 2.32. The molecule has 0 aromatic heterocycles. The van der Waals surface area contributed by atoms with Gasteiger partial charge in [-0.25, -0.2) is 0 Å². The summed E-state index contributed by atoms with van der Waals surface area (Å²) in [5.74, 6) is 1.56. The van der Waals surface area contributed by atoms with Gasteiger partial charge in [-0.15, -0.1) is 0 Å². The topological polar surface area (TPSA) is 0 Å². The van der Waals surface area contributed by atoms with Gasteiger partial charge in [0.15, 0.2) is 5.90 Å². The van der Waals surface area contributed by atoms with Gasteiger partial charge in [-0.3, -0.25) is 0 Å². The molecular weight excluding hydrogens is 496 g/mol. The maximum Gasteiger partial charge on any atom is 0.160 e. The summed E-state index contributed by atoms with van der Waals surface area (Å²) in [6, 6.07) is 0. The number of rotatable bonds is 6. The second-order valence-electron chi connectivity index (χ2n) is 7.21. The Bertz CT molecular complexity index is 198. The van der Waals surface area contributed by atoms with Gasteiger partial charge in [0, 0.05) is 0 Å². The zero-order valence-electron chi connectivity index (χ0n) is 14.7. The van der Waals surface area contributed by atoms with Crippen LogP contribution >= 0.6 is 14.5 Å². The van der Waals surface area contributed by atoms with E-state index in [4.69, 9.17) is 0 Å². The third-order valence-electron chi connectivity index (χ3n) is 5.33. The van der Waals surface area contributed by atoms with Crippen molar-refractivity contribution >= 4 is 14.5 Å². The number of hydrogen-bond acceptors (Lipinski definition) is 0. The zero-order valence-corrected chi connectivity index (χ0v) is 20.8. The molecule has 0 aromatic carbocycles. The molecule has 120 valence electrons. The average Bonchev–Trinajstić information content (AvgIpc) is 2.15. The molecule has 0 radical (unpaired) electrons. The quantitative estimate of drug-likeness (QED) is 0.331. The molecule has 0 aliphatic carbocycles. The first-order valence-electron chi connectivity index (χ1n) is 7.18. The van der Waals surface area contributed by atoms with Crippen LogP contribution in [-0.4, -0.2) is 41.9 Å². The minimum Gasteiger partial charge on any atom is -1.00 e. The van der Waals surface area contributed by atoms with Crippen molar-refractivity contribution in [1.82, 2.24) is 0 Å². The Morgan fingerprint density at radius 2 is 0.684 bits per heavy atom. The molecule has 0 atom stereocenters. The molecule has 4 heteroatoms. The van der Waals surface area contributed by atoms with Crippen molar-refractivity contribution in [3.8, 4) is 0 Å². The molecular formula is C15H36I2P2. The summed E-state index contributed by atoms with van der Waals surface area (Å²) in [4.78, 5) is 0. The molecule has 19 heavy (non-hydrogen) atoms. The Morgan fingerprint density at radius 3 is 0.789 bits per heavy atom. The highest BCUT2D eigenvalue weighted by Gasteiger charge is 2.52. The predicted octanol–water partition coefficient (Wildman–Crippen LogP) is -0.120. The standard InChI is InChI=1S/C15H36P2.2HI/c1-12(2)16(9,13(3)4)11-17(10,14(5)6)15(7)8;;/h12-15H,11H2,1-10H3;2*1H/q+2;;/p-2. The lowest BCUT2D eigenvalue weighted by Crippen LogP contribution is -3.00. The van der Waals surface area contributed by atoms with Crippen LogP contribution in [0.4, 0.5) is 0 Å². The molecule has 0 rings (SSSR count). The van der Waals surface area contributed by atoms with E-state index in [1.54, 1.807) is 5.90 Å². The van der Waals surface area contributed by atoms with E-state index in [9.17, 15) is 0 Å². The molecule has 0 aliphatic heterocycles. The third-order valence-corrected chi connectivity index (χ3v) is 19.6. The van der Waals surface area contributed by atoms with Crippen molar-refractivity contribution in [2.24, 2.45) is 0 Å². The molecule has 0 N–H and O–H groups in total. The highest BCUT2D eigenvalue weighted by molar-refractivity contribution is 7.92. The van der Waals surface area contributed by atoms with E-state index in [1.165, 1.54) is 0 Å². The van der Waals surface area contributed by atoms with Crippen LogP contribution in [0.5, 0.6) is 0 Å². The van der Waals surface area contributed by atoms with Crippen molar-refractivity contribution in [2.45, 2.75) is 78.0 Å². The Balaban J connectivity index is -0.00000128. The van der Waals surface area contributed by atoms with E-state index >= 15 is 0 Å². The van der Waals surface area contributed by atoms with Crippen molar-refractivity contribution in [1.29, 1.82) is 0 Å². The number of hydrogen-bond donors (Lipinski definition) is 0. The SMILES string of the molecule is CC(C)[P+](C)(C[P+](C)(C(C)C)C(C)C)C(C)C.[I-].[I-]. The smallest absolute Gasteiger partial charge is 0.160 e. The molecule has 0 amide bonds. The first-order chi connectivity index (χ1) is 7.48. The average molecular weight is 532 g/mol. The van der Waals surface area contributed by atoms with Crippen molar-refractivity contribution < 1.29 is 48.0 Å². The highest BCUT2D eigenvalue weighted by atomic mass is 127. The maximum atomic E-state index is 2.63. The molecule has 0 aliphatic rings. The van der Waals surface area contributed by atoms with Crippen LogP contribution in [0.2, 0.25) is 0 Å². The van der Waals surface area contributed by atoms with Gasteiger partial charge in [0.2, 0.25) is 0 Å². The van der Waals surface area contributed by atoms with Crippen LogP contribution in [0.3, 0.4) is 0 Å². The molecule has 0 fully saturated rings. The van der Waals surface area contributed by atoms with E-state index in [1.807, 2.05) is 0 Å². The highest BCUT2D eigenvalue weighted by Crippen LogP contribution is 2.78.